The third-order valence-corrected chi connectivity index (χ3v) is 5.87. The van der Waals surface area contributed by atoms with Crippen LogP contribution in [0.5, 0.6) is 0 Å². The minimum absolute atomic E-state index is 0.200. The number of benzene rings is 1. The van der Waals surface area contributed by atoms with Crippen LogP contribution < -0.4 is 4.90 Å². The second kappa shape index (κ2) is 9.29. The summed E-state index contributed by atoms with van der Waals surface area (Å²) in [6, 6.07) is 10.7. The number of aromatic nitrogens is 4. The fourth-order valence-corrected chi connectivity index (χ4v) is 4.10. The number of nitriles is 1. The van der Waals surface area contributed by atoms with E-state index in [1.54, 1.807) is 39.7 Å². The fourth-order valence-electron chi connectivity index (χ4n) is 4.10. The average Bonchev–Trinajstić information content (AvgIpc) is 3.53. The lowest BCUT2D eigenvalue weighted by atomic mass is 10.1. The summed E-state index contributed by atoms with van der Waals surface area (Å²) >= 11 is 0. The Morgan fingerprint density at radius 2 is 1.73 bits per heavy atom. The van der Waals surface area contributed by atoms with E-state index in [0.29, 0.717) is 27.9 Å². The number of pyridine rings is 1. The molecule has 3 amide bonds. The Balaban J connectivity index is 1.45. The number of nitrogens with zero attached hydrogens (tertiary/aromatic N) is 7. The highest BCUT2D eigenvalue weighted by atomic mass is 16.2. The topological polar surface area (TPSA) is 117 Å². The molecule has 0 spiro atoms. The highest BCUT2D eigenvalue weighted by Crippen LogP contribution is 2.24. The maximum absolute atomic E-state index is 12.5. The highest BCUT2D eigenvalue weighted by Gasteiger charge is 2.33. The summed E-state index contributed by atoms with van der Waals surface area (Å²) in [6.45, 7) is 2.99. The number of hydrogen-bond donors (Lipinski definition) is 0. The van der Waals surface area contributed by atoms with Gasteiger partial charge < -0.3 is 4.90 Å². The molecule has 0 saturated carbocycles. The number of rotatable bonds is 3. The van der Waals surface area contributed by atoms with Gasteiger partial charge in [-0.05, 0) is 36.4 Å². The normalized spacial score (nSPS) is 13.3. The zero-order valence-corrected chi connectivity index (χ0v) is 19.8. The average molecular weight is 489 g/mol. The summed E-state index contributed by atoms with van der Waals surface area (Å²) in [5.41, 5.74) is 4.40. The molecule has 10 heteroatoms. The van der Waals surface area contributed by atoms with Gasteiger partial charge in [0.1, 0.15) is 19.2 Å². The van der Waals surface area contributed by atoms with Crippen molar-refractivity contribution >= 4 is 28.9 Å². The minimum atomic E-state index is -0.496. The Kier molecular flexibility index (Phi) is 5.84. The molecular weight excluding hydrogens is 470 g/mol. The monoisotopic (exact) mass is 489 g/mol. The van der Waals surface area contributed by atoms with E-state index in [0.717, 1.165) is 27.0 Å². The van der Waals surface area contributed by atoms with Crippen LogP contribution in [0.4, 0.5) is 5.69 Å². The van der Waals surface area contributed by atoms with Gasteiger partial charge in [-0.3, -0.25) is 19.1 Å². The molecule has 3 aromatic heterocycles. The van der Waals surface area contributed by atoms with E-state index >= 15 is 0 Å². The number of amides is 3. The van der Waals surface area contributed by atoms with Gasteiger partial charge >= 0.3 is 0 Å². The summed E-state index contributed by atoms with van der Waals surface area (Å²) < 4.78 is 3.32. The molecule has 0 radical (unpaired) electrons. The molecule has 0 aliphatic carbocycles. The smallest absolute Gasteiger partial charge is 0.253 e. The first-order chi connectivity index (χ1) is 17.9. The fraction of sp³-hybridized carbons (Fsp3) is 0.111. The third-order valence-electron chi connectivity index (χ3n) is 5.87. The lowest BCUT2D eigenvalue weighted by Crippen LogP contribution is -2.55. The molecular formula is C27H19N7O3. The Labute approximate surface area is 211 Å². The molecule has 0 bridgehead atoms. The maximum Gasteiger partial charge on any atom is 0.253 e. The van der Waals surface area contributed by atoms with E-state index in [1.165, 1.54) is 6.20 Å². The van der Waals surface area contributed by atoms with E-state index < -0.39 is 17.7 Å². The van der Waals surface area contributed by atoms with E-state index in [2.05, 4.69) is 34.7 Å². The van der Waals surface area contributed by atoms with Crippen LogP contribution >= 0.6 is 0 Å². The van der Waals surface area contributed by atoms with Crippen molar-refractivity contribution in [3.63, 3.8) is 0 Å². The SMILES string of the molecule is C=CC(=O)N1CC(=O)N(c2ccc(C#Cc3cc(-c4cnn(C)c4)cn4ncc(C#N)c34)cc2)C(=O)C1. The van der Waals surface area contributed by atoms with E-state index in [-0.39, 0.29) is 13.1 Å². The zero-order chi connectivity index (χ0) is 26.1. The van der Waals surface area contributed by atoms with Crippen molar-refractivity contribution in [2.45, 2.75) is 0 Å². The van der Waals surface area contributed by atoms with Crippen molar-refractivity contribution in [2.24, 2.45) is 7.05 Å². The second-order valence-electron chi connectivity index (χ2n) is 8.33. The predicted octanol–water partition coefficient (Wildman–Crippen LogP) is 1.89. The molecule has 180 valence electrons. The molecule has 0 atom stereocenters. The first-order valence-corrected chi connectivity index (χ1v) is 11.2. The van der Waals surface area contributed by atoms with Gasteiger partial charge in [0.2, 0.25) is 5.91 Å². The van der Waals surface area contributed by atoms with Gasteiger partial charge in [0.15, 0.2) is 0 Å². The van der Waals surface area contributed by atoms with Crippen LogP contribution in [0.25, 0.3) is 16.6 Å². The molecule has 0 unspecified atom stereocenters. The molecule has 0 N–H and O–H groups in total. The predicted molar refractivity (Wildman–Crippen MR) is 134 cm³/mol. The number of imide groups is 1. The van der Waals surface area contributed by atoms with Crippen molar-refractivity contribution in [3.8, 4) is 29.0 Å². The van der Waals surface area contributed by atoms with Crippen LogP contribution in [0.3, 0.4) is 0 Å². The van der Waals surface area contributed by atoms with Gasteiger partial charge in [0, 0.05) is 36.1 Å². The Bertz CT molecular complexity index is 1680. The summed E-state index contributed by atoms with van der Waals surface area (Å²) in [5.74, 6) is 4.76. The Hall–Kier alpha value is -5.48. The molecule has 37 heavy (non-hydrogen) atoms. The molecule has 5 rings (SSSR count). The lowest BCUT2D eigenvalue weighted by Gasteiger charge is -2.32. The van der Waals surface area contributed by atoms with Crippen molar-refractivity contribution in [3.05, 3.63) is 84.5 Å². The van der Waals surface area contributed by atoms with Crippen LogP contribution in [0, 0.1) is 23.2 Å². The number of carbonyl (C=O) groups excluding carboxylic acids is 3. The summed E-state index contributed by atoms with van der Waals surface area (Å²) in [7, 11) is 1.83. The zero-order valence-electron chi connectivity index (χ0n) is 19.8. The molecule has 4 aromatic rings. The summed E-state index contributed by atoms with van der Waals surface area (Å²) in [6.07, 6.45) is 8.01. The van der Waals surface area contributed by atoms with Crippen molar-refractivity contribution < 1.29 is 14.4 Å². The molecule has 1 saturated heterocycles. The number of aryl methyl sites for hydroxylation is 1. The van der Waals surface area contributed by atoms with Gasteiger partial charge in [-0.1, -0.05) is 18.4 Å². The number of anilines is 1. The van der Waals surface area contributed by atoms with E-state index in [9.17, 15) is 19.6 Å². The lowest BCUT2D eigenvalue weighted by molar-refractivity contribution is -0.140. The molecule has 1 fully saturated rings. The highest BCUT2D eigenvalue weighted by molar-refractivity contribution is 6.19. The number of piperazine rings is 1. The molecule has 1 aliphatic rings. The van der Waals surface area contributed by atoms with Gasteiger partial charge in [-0.25, -0.2) is 9.42 Å². The van der Waals surface area contributed by atoms with Crippen LogP contribution in [-0.4, -0.2) is 55.1 Å². The second-order valence-corrected chi connectivity index (χ2v) is 8.33. The van der Waals surface area contributed by atoms with E-state index in [4.69, 9.17) is 0 Å². The number of carbonyl (C=O) groups is 3. The van der Waals surface area contributed by atoms with Crippen LogP contribution in [0.2, 0.25) is 0 Å². The van der Waals surface area contributed by atoms with Crippen molar-refractivity contribution in [2.75, 3.05) is 18.0 Å². The summed E-state index contributed by atoms with van der Waals surface area (Å²) in [4.78, 5) is 39.1. The van der Waals surface area contributed by atoms with E-state index in [1.807, 2.05) is 25.5 Å². The third kappa shape index (κ3) is 4.35. The molecule has 4 heterocycles. The first kappa shape index (κ1) is 23.3. The van der Waals surface area contributed by atoms with Crippen molar-refractivity contribution in [1.82, 2.24) is 24.3 Å². The van der Waals surface area contributed by atoms with Crippen LogP contribution in [0.1, 0.15) is 16.7 Å². The van der Waals surface area contributed by atoms with Crippen LogP contribution in [-0.2, 0) is 21.4 Å². The Morgan fingerprint density at radius 3 is 2.35 bits per heavy atom. The van der Waals surface area contributed by atoms with Gasteiger partial charge in [-0.2, -0.15) is 15.5 Å². The van der Waals surface area contributed by atoms with Gasteiger partial charge in [-0.15, -0.1) is 0 Å². The van der Waals surface area contributed by atoms with Crippen LogP contribution in [0.15, 0.2) is 67.8 Å². The summed E-state index contributed by atoms with van der Waals surface area (Å²) in [5, 5.41) is 18.0. The molecule has 1 aromatic carbocycles. The quantitative estimate of drug-likeness (QED) is 0.247. The Morgan fingerprint density at radius 1 is 1.00 bits per heavy atom. The molecule has 10 nitrogen and oxygen atoms in total. The van der Waals surface area contributed by atoms with Crippen molar-refractivity contribution in [1.29, 1.82) is 5.26 Å². The van der Waals surface area contributed by atoms with Gasteiger partial charge in [0.25, 0.3) is 11.8 Å². The number of fused-ring (bicyclic) bond motifs is 1. The largest absolute Gasteiger partial charge is 0.320 e. The van der Waals surface area contributed by atoms with Gasteiger partial charge in [0.05, 0.1) is 34.7 Å². The minimum Gasteiger partial charge on any atom is -0.320 e. The number of hydrogen-bond acceptors (Lipinski definition) is 6. The maximum atomic E-state index is 12.5. The molecule has 1 aliphatic heterocycles. The first-order valence-electron chi connectivity index (χ1n) is 11.2. The standard InChI is InChI=1S/C27H19N7O3/c1-3-24(35)32-16-25(36)34(26(37)17-32)23-8-5-18(6-9-23)4-7-19-10-20(22-13-29-31(2)14-22)15-33-27(19)21(11-28)12-30-33/h3,5-6,8-10,12-15H,1,16-17H2,2H3.